The molecule has 5 heteroatoms. The lowest BCUT2D eigenvalue weighted by Gasteiger charge is -2.29. The van der Waals surface area contributed by atoms with Crippen LogP contribution in [0.5, 0.6) is 0 Å². The van der Waals surface area contributed by atoms with Crippen molar-refractivity contribution in [3.8, 4) is 0 Å². The van der Waals surface area contributed by atoms with Gasteiger partial charge >= 0.3 is 0 Å². The molecule has 0 aliphatic heterocycles. The summed E-state index contributed by atoms with van der Waals surface area (Å²) in [5.41, 5.74) is -0.651. The normalized spacial score (nSPS) is 12.3. The molecule has 0 atom stereocenters. The van der Waals surface area contributed by atoms with Gasteiger partial charge in [-0.25, -0.2) is 0 Å². The molecular formula is C9H20N4O. The molecule has 2 N–H and O–H groups in total. The molecule has 0 heterocycles. The summed E-state index contributed by atoms with van der Waals surface area (Å²) in [5, 5.41) is 5.89. The SMILES string of the molecule is CN=C(NC)NC(C)(C)C(=O)N(C)C. The van der Waals surface area contributed by atoms with E-state index in [1.807, 2.05) is 13.8 Å². The minimum atomic E-state index is -0.651. The highest BCUT2D eigenvalue weighted by Gasteiger charge is 2.29. The van der Waals surface area contributed by atoms with Crippen molar-refractivity contribution in [1.82, 2.24) is 15.5 Å². The monoisotopic (exact) mass is 200 g/mol. The molecule has 0 saturated heterocycles. The van der Waals surface area contributed by atoms with E-state index in [1.54, 1.807) is 33.1 Å². The number of carbonyl (C=O) groups is 1. The van der Waals surface area contributed by atoms with E-state index in [9.17, 15) is 4.79 Å². The molecule has 0 rings (SSSR count). The Hall–Kier alpha value is -1.26. The van der Waals surface area contributed by atoms with E-state index in [1.165, 1.54) is 0 Å². The zero-order chi connectivity index (χ0) is 11.4. The molecule has 0 aliphatic rings. The van der Waals surface area contributed by atoms with Crippen molar-refractivity contribution in [2.45, 2.75) is 19.4 Å². The lowest BCUT2D eigenvalue weighted by Crippen LogP contribution is -2.56. The number of nitrogens with zero attached hydrogens (tertiary/aromatic N) is 2. The molecule has 0 spiro atoms. The zero-order valence-electron chi connectivity index (χ0n) is 9.80. The number of amides is 1. The highest BCUT2D eigenvalue weighted by atomic mass is 16.2. The van der Waals surface area contributed by atoms with Crippen molar-refractivity contribution >= 4 is 11.9 Å². The molecule has 82 valence electrons. The Labute approximate surface area is 85.6 Å². The molecule has 0 bridgehead atoms. The van der Waals surface area contributed by atoms with Crippen LogP contribution in [0.4, 0.5) is 0 Å². The maximum atomic E-state index is 11.7. The summed E-state index contributed by atoms with van der Waals surface area (Å²) >= 11 is 0. The van der Waals surface area contributed by atoms with Crippen molar-refractivity contribution < 1.29 is 4.79 Å². The summed E-state index contributed by atoms with van der Waals surface area (Å²) in [6.45, 7) is 3.63. The van der Waals surface area contributed by atoms with E-state index < -0.39 is 5.54 Å². The van der Waals surface area contributed by atoms with E-state index in [4.69, 9.17) is 0 Å². The number of hydrogen-bond acceptors (Lipinski definition) is 2. The maximum absolute atomic E-state index is 11.7. The van der Waals surface area contributed by atoms with Crippen LogP contribution in [0.2, 0.25) is 0 Å². The van der Waals surface area contributed by atoms with Gasteiger partial charge in [-0.1, -0.05) is 0 Å². The van der Waals surface area contributed by atoms with Crippen molar-refractivity contribution in [1.29, 1.82) is 0 Å². The Morgan fingerprint density at radius 1 is 1.36 bits per heavy atom. The van der Waals surface area contributed by atoms with Gasteiger partial charge in [-0.3, -0.25) is 9.79 Å². The fourth-order valence-corrected chi connectivity index (χ4v) is 1.14. The number of rotatable bonds is 2. The van der Waals surface area contributed by atoms with Gasteiger partial charge in [0.05, 0.1) is 0 Å². The van der Waals surface area contributed by atoms with Crippen LogP contribution in [-0.4, -0.2) is 50.5 Å². The number of carbonyl (C=O) groups excluding carboxylic acids is 1. The van der Waals surface area contributed by atoms with Crippen LogP contribution in [0.1, 0.15) is 13.8 Å². The first-order valence-corrected chi connectivity index (χ1v) is 4.49. The van der Waals surface area contributed by atoms with Gasteiger partial charge in [0.2, 0.25) is 5.91 Å². The van der Waals surface area contributed by atoms with Gasteiger partial charge in [-0.05, 0) is 13.8 Å². The highest BCUT2D eigenvalue weighted by molar-refractivity contribution is 5.91. The van der Waals surface area contributed by atoms with Crippen LogP contribution in [0, 0.1) is 0 Å². The van der Waals surface area contributed by atoms with Gasteiger partial charge in [-0.2, -0.15) is 0 Å². The predicted octanol–water partition coefficient (Wildman–Crippen LogP) is -0.352. The van der Waals surface area contributed by atoms with Gasteiger partial charge in [-0.15, -0.1) is 0 Å². The minimum Gasteiger partial charge on any atom is -0.359 e. The van der Waals surface area contributed by atoms with Gasteiger partial charge in [0.15, 0.2) is 5.96 Å². The summed E-state index contributed by atoms with van der Waals surface area (Å²) in [7, 11) is 6.88. The van der Waals surface area contributed by atoms with Crippen molar-refractivity contribution in [2.75, 3.05) is 28.2 Å². The molecule has 0 fully saturated rings. The topological polar surface area (TPSA) is 56.7 Å². The lowest BCUT2D eigenvalue weighted by molar-refractivity contribution is -0.133. The van der Waals surface area contributed by atoms with Crippen LogP contribution >= 0.6 is 0 Å². The third-order valence-corrected chi connectivity index (χ3v) is 1.83. The number of nitrogens with one attached hydrogen (secondary N) is 2. The Bertz CT molecular complexity index is 233. The van der Waals surface area contributed by atoms with Gasteiger partial charge in [0.25, 0.3) is 0 Å². The average Bonchev–Trinajstić information content (AvgIpc) is 2.12. The van der Waals surface area contributed by atoms with Gasteiger partial charge in [0.1, 0.15) is 5.54 Å². The van der Waals surface area contributed by atoms with E-state index >= 15 is 0 Å². The fraction of sp³-hybridized carbons (Fsp3) is 0.778. The average molecular weight is 200 g/mol. The molecule has 1 amide bonds. The van der Waals surface area contributed by atoms with E-state index in [2.05, 4.69) is 15.6 Å². The predicted molar refractivity (Wildman–Crippen MR) is 58.3 cm³/mol. The first-order chi connectivity index (χ1) is 6.35. The minimum absolute atomic E-state index is 0.00824. The number of likely N-dealkylation sites (N-methyl/N-ethyl adjacent to an activating group) is 1. The molecule has 14 heavy (non-hydrogen) atoms. The van der Waals surface area contributed by atoms with Crippen molar-refractivity contribution in [3.63, 3.8) is 0 Å². The molecule has 0 radical (unpaired) electrons. The van der Waals surface area contributed by atoms with Gasteiger partial charge in [0, 0.05) is 28.2 Å². The fourth-order valence-electron chi connectivity index (χ4n) is 1.14. The number of guanidine groups is 1. The van der Waals surface area contributed by atoms with Crippen molar-refractivity contribution in [2.24, 2.45) is 4.99 Å². The van der Waals surface area contributed by atoms with Crippen LogP contribution in [0.25, 0.3) is 0 Å². The number of hydrogen-bond donors (Lipinski definition) is 2. The molecule has 0 unspecified atom stereocenters. The zero-order valence-corrected chi connectivity index (χ0v) is 9.80. The van der Waals surface area contributed by atoms with Gasteiger partial charge < -0.3 is 15.5 Å². The second-order valence-electron chi connectivity index (χ2n) is 3.77. The maximum Gasteiger partial charge on any atom is 0.247 e. The summed E-state index contributed by atoms with van der Waals surface area (Å²) in [5.74, 6) is 0.610. The van der Waals surface area contributed by atoms with Crippen molar-refractivity contribution in [3.05, 3.63) is 0 Å². The summed E-state index contributed by atoms with van der Waals surface area (Å²) in [6.07, 6.45) is 0. The quantitative estimate of drug-likeness (QED) is 0.473. The molecule has 0 aromatic heterocycles. The molecule has 0 aliphatic carbocycles. The smallest absolute Gasteiger partial charge is 0.247 e. The molecule has 0 aromatic rings. The first-order valence-electron chi connectivity index (χ1n) is 4.49. The summed E-state index contributed by atoms with van der Waals surface area (Å²) < 4.78 is 0. The van der Waals surface area contributed by atoms with Crippen LogP contribution in [-0.2, 0) is 4.79 Å². The Morgan fingerprint density at radius 2 is 1.86 bits per heavy atom. The number of aliphatic imine (C=N–C) groups is 1. The van der Waals surface area contributed by atoms with Crippen LogP contribution < -0.4 is 10.6 Å². The molecule has 0 saturated carbocycles. The Morgan fingerprint density at radius 3 is 2.14 bits per heavy atom. The van der Waals surface area contributed by atoms with E-state index in [0.29, 0.717) is 5.96 Å². The van der Waals surface area contributed by atoms with E-state index in [-0.39, 0.29) is 5.91 Å². The largest absolute Gasteiger partial charge is 0.359 e. The third-order valence-electron chi connectivity index (χ3n) is 1.83. The lowest BCUT2D eigenvalue weighted by atomic mass is 10.0. The second kappa shape index (κ2) is 4.83. The Balaban J connectivity index is 4.56. The summed E-state index contributed by atoms with van der Waals surface area (Å²) in [4.78, 5) is 17.2. The standard InChI is InChI=1S/C9H20N4O/c1-9(2,7(14)13(5)6)12-8(10-3)11-4/h1-6H3,(H2,10,11,12). The van der Waals surface area contributed by atoms with Crippen LogP contribution in [0.3, 0.4) is 0 Å². The second-order valence-corrected chi connectivity index (χ2v) is 3.77. The van der Waals surface area contributed by atoms with Crippen LogP contribution in [0.15, 0.2) is 4.99 Å². The Kier molecular flexibility index (Phi) is 4.40. The van der Waals surface area contributed by atoms with E-state index in [0.717, 1.165) is 0 Å². The molecule has 5 nitrogen and oxygen atoms in total. The molecular weight excluding hydrogens is 180 g/mol. The molecule has 0 aromatic carbocycles. The first kappa shape index (κ1) is 12.7. The highest BCUT2D eigenvalue weighted by Crippen LogP contribution is 2.04. The third kappa shape index (κ3) is 3.24. The summed E-state index contributed by atoms with van der Waals surface area (Å²) in [6, 6.07) is 0.